The van der Waals surface area contributed by atoms with E-state index >= 15 is 0 Å². The van der Waals surface area contributed by atoms with Crippen LogP contribution in [0.1, 0.15) is 5.69 Å². The van der Waals surface area contributed by atoms with Gasteiger partial charge >= 0.3 is 0 Å². The van der Waals surface area contributed by atoms with E-state index in [0.717, 1.165) is 4.70 Å². The van der Waals surface area contributed by atoms with Crippen LogP contribution in [0.5, 0.6) is 0 Å². The molecular weight excluding hydrogens is 375 g/mol. The van der Waals surface area contributed by atoms with E-state index in [0.29, 0.717) is 39.4 Å². The summed E-state index contributed by atoms with van der Waals surface area (Å²) in [7, 11) is 0. The third-order valence-electron chi connectivity index (χ3n) is 3.66. The molecule has 0 atom stereocenters. The summed E-state index contributed by atoms with van der Waals surface area (Å²) in [6.45, 7) is 0.311. The molecule has 6 nitrogen and oxygen atoms in total. The molecule has 0 aliphatic heterocycles. The Balaban J connectivity index is 1.79. The number of hydrogen-bond acceptors (Lipinski definition) is 7. The molecule has 1 aromatic carbocycles. The normalized spacial score (nSPS) is 11.0. The van der Waals surface area contributed by atoms with Crippen LogP contribution in [0.15, 0.2) is 42.9 Å². The average molecular weight is 387 g/mol. The first kappa shape index (κ1) is 16.8. The van der Waals surface area contributed by atoms with Crippen molar-refractivity contribution in [2.45, 2.75) is 6.54 Å². The molecule has 130 valence electrons. The van der Waals surface area contributed by atoms with Crippen LogP contribution in [0.25, 0.3) is 20.8 Å². The maximum Gasteiger partial charge on any atom is 0.151 e. The maximum atomic E-state index is 14.2. The van der Waals surface area contributed by atoms with E-state index in [-0.39, 0.29) is 5.56 Å². The zero-order chi connectivity index (χ0) is 18.1. The van der Waals surface area contributed by atoms with E-state index in [4.69, 9.17) is 17.3 Å². The van der Waals surface area contributed by atoms with Crippen molar-refractivity contribution >= 4 is 44.8 Å². The van der Waals surface area contributed by atoms with Gasteiger partial charge in [0.05, 0.1) is 26.5 Å². The fourth-order valence-corrected chi connectivity index (χ4v) is 3.83. The van der Waals surface area contributed by atoms with Gasteiger partial charge in [0.1, 0.15) is 23.0 Å². The first-order valence-corrected chi connectivity index (χ1v) is 8.83. The van der Waals surface area contributed by atoms with Gasteiger partial charge in [-0.1, -0.05) is 17.7 Å². The van der Waals surface area contributed by atoms with Crippen molar-refractivity contribution in [3.63, 3.8) is 0 Å². The molecule has 0 aliphatic rings. The first-order valence-electron chi connectivity index (χ1n) is 7.63. The van der Waals surface area contributed by atoms with Crippen molar-refractivity contribution in [1.82, 2.24) is 19.9 Å². The molecule has 0 aliphatic carbocycles. The number of hydrogen-bond donors (Lipinski definition) is 2. The topological polar surface area (TPSA) is 89.6 Å². The number of benzene rings is 1. The van der Waals surface area contributed by atoms with Crippen LogP contribution in [0, 0.1) is 5.82 Å². The smallest absolute Gasteiger partial charge is 0.151 e. The number of pyridine rings is 1. The summed E-state index contributed by atoms with van der Waals surface area (Å²) < 4.78 is 15.0. The highest BCUT2D eigenvalue weighted by Gasteiger charge is 2.16. The molecule has 3 aromatic heterocycles. The maximum absolute atomic E-state index is 14.2. The zero-order valence-electron chi connectivity index (χ0n) is 13.3. The van der Waals surface area contributed by atoms with Crippen LogP contribution in [0.2, 0.25) is 5.02 Å². The number of thiazole rings is 1. The highest BCUT2D eigenvalue weighted by Crippen LogP contribution is 2.38. The predicted molar refractivity (Wildman–Crippen MR) is 101 cm³/mol. The van der Waals surface area contributed by atoms with Crippen LogP contribution in [-0.2, 0) is 6.54 Å². The van der Waals surface area contributed by atoms with E-state index < -0.39 is 5.82 Å². The molecule has 0 fully saturated rings. The Morgan fingerprint density at radius 1 is 1.19 bits per heavy atom. The summed E-state index contributed by atoms with van der Waals surface area (Å²) in [6, 6.07) is 8.07. The Labute approximate surface area is 156 Å². The Hall–Kier alpha value is -2.68. The number of halogens is 2. The molecule has 0 spiro atoms. The van der Waals surface area contributed by atoms with Crippen LogP contribution in [-0.4, -0.2) is 19.9 Å². The van der Waals surface area contributed by atoms with Gasteiger partial charge in [0.25, 0.3) is 0 Å². The van der Waals surface area contributed by atoms with Crippen molar-refractivity contribution in [3.8, 4) is 10.6 Å². The highest BCUT2D eigenvalue weighted by molar-refractivity contribution is 7.22. The van der Waals surface area contributed by atoms with E-state index in [9.17, 15) is 4.39 Å². The largest absolute Gasteiger partial charge is 0.325 e. The lowest BCUT2D eigenvalue weighted by Crippen LogP contribution is -2.02. The molecule has 3 heterocycles. The van der Waals surface area contributed by atoms with E-state index in [1.54, 1.807) is 30.5 Å². The third-order valence-corrected chi connectivity index (χ3v) is 5.07. The van der Waals surface area contributed by atoms with Crippen molar-refractivity contribution in [3.05, 3.63) is 59.4 Å². The number of nitrogens with one attached hydrogen (secondary N) is 1. The molecule has 4 aromatic rings. The van der Waals surface area contributed by atoms with Crippen LogP contribution >= 0.6 is 22.9 Å². The molecule has 0 bridgehead atoms. The van der Waals surface area contributed by atoms with E-state index in [1.165, 1.54) is 23.7 Å². The lowest BCUT2D eigenvalue weighted by atomic mass is 10.2. The lowest BCUT2D eigenvalue weighted by molar-refractivity contribution is 0.631. The molecule has 3 N–H and O–H groups in total. The monoisotopic (exact) mass is 386 g/mol. The minimum absolute atomic E-state index is 0.286. The minimum atomic E-state index is -0.414. The second-order valence-electron chi connectivity index (χ2n) is 5.35. The second-order valence-corrected chi connectivity index (χ2v) is 6.75. The van der Waals surface area contributed by atoms with Crippen molar-refractivity contribution < 1.29 is 4.39 Å². The fraction of sp³-hybridized carbons (Fsp3) is 0.0588. The minimum Gasteiger partial charge on any atom is -0.325 e. The molecule has 0 saturated carbocycles. The Morgan fingerprint density at radius 3 is 2.88 bits per heavy atom. The van der Waals surface area contributed by atoms with E-state index in [1.807, 2.05) is 0 Å². The molecular formula is C17H12ClFN6S. The number of rotatable bonds is 4. The summed E-state index contributed by atoms with van der Waals surface area (Å²) in [6.07, 6.45) is 3.06. The van der Waals surface area contributed by atoms with Crippen LogP contribution in [0.4, 0.5) is 16.0 Å². The predicted octanol–water partition coefficient (Wildman–Crippen LogP) is 4.14. The van der Waals surface area contributed by atoms with Gasteiger partial charge < -0.3 is 11.1 Å². The van der Waals surface area contributed by atoms with Gasteiger partial charge in [-0.2, -0.15) is 0 Å². The lowest BCUT2D eigenvalue weighted by Gasteiger charge is -2.05. The molecule has 26 heavy (non-hydrogen) atoms. The third kappa shape index (κ3) is 3.10. The van der Waals surface area contributed by atoms with Crippen LogP contribution in [0.3, 0.4) is 0 Å². The fourth-order valence-electron chi connectivity index (χ4n) is 2.45. The number of fused-ring (bicyclic) bond motifs is 1. The van der Waals surface area contributed by atoms with E-state index in [2.05, 4.69) is 25.3 Å². The quantitative estimate of drug-likeness (QED) is 0.547. The summed E-state index contributed by atoms with van der Waals surface area (Å²) >= 11 is 7.47. The molecule has 0 amide bonds. The molecule has 9 heteroatoms. The van der Waals surface area contributed by atoms with Gasteiger partial charge in [-0.25, -0.2) is 24.3 Å². The summed E-state index contributed by atoms with van der Waals surface area (Å²) in [5.41, 5.74) is 7.29. The molecule has 0 saturated heterocycles. The summed E-state index contributed by atoms with van der Waals surface area (Å²) in [5, 5.41) is 3.95. The van der Waals surface area contributed by atoms with Gasteiger partial charge in [-0.15, -0.1) is 11.3 Å². The van der Waals surface area contributed by atoms with Crippen molar-refractivity contribution in [2.24, 2.45) is 5.73 Å². The molecule has 4 rings (SSSR count). The SMILES string of the molecule is NCc1cc(Nc2nccc3nc(-c4c(F)cccc4Cl)sc23)ncn1. The molecule has 0 radical (unpaired) electrons. The second kappa shape index (κ2) is 6.91. The number of anilines is 2. The summed E-state index contributed by atoms with van der Waals surface area (Å²) in [5.74, 6) is 0.724. The number of nitrogens with zero attached hydrogens (tertiary/aromatic N) is 4. The zero-order valence-corrected chi connectivity index (χ0v) is 14.9. The number of nitrogens with two attached hydrogens (primary N) is 1. The van der Waals surface area contributed by atoms with Crippen molar-refractivity contribution in [2.75, 3.05) is 5.32 Å². The van der Waals surface area contributed by atoms with Gasteiger partial charge in [-0.05, 0) is 18.2 Å². The first-order chi connectivity index (χ1) is 12.7. The average Bonchev–Trinajstić information content (AvgIpc) is 3.06. The Kier molecular flexibility index (Phi) is 4.46. The van der Waals surface area contributed by atoms with Crippen LogP contribution < -0.4 is 11.1 Å². The Bertz CT molecular complexity index is 1080. The van der Waals surface area contributed by atoms with Crippen molar-refractivity contribution in [1.29, 1.82) is 0 Å². The van der Waals surface area contributed by atoms with Gasteiger partial charge in [0, 0.05) is 18.8 Å². The van der Waals surface area contributed by atoms with Gasteiger partial charge in [0.2, 0.25) is 0 Å². The number of aromatic nitrogens is 4. The highest BCUT2D eigenvalue weighted by atomic mass is 35.5. The Morgan fingerprint density at radius 2 is 2.08 bits per heavy atom. The van der Waals surface area contributed by atoms with Gasteiger partial charge in [0.15, 0.2) is 5.82 Å². The standard InChI is InChI=1S/C17H12ClFN6S/c18-10-2-1-3-11(19)14(10)17-24-12-4-5-21-16(15(12)26-17)25-13-6-9(7-20)22-8-23-13/h1-6,8H,7,20H2,(H,21,22,23,25). The molecule has 0 unspecified atom stereocenters. The van der Waals surface area contributed by atoms with Gasteiger partial charge in [-0.3, -0.25) is 0 Å². The summed E-state index contributed by atoms with van der Waals surface area (Å²) in [4.78, 5) is 17.1.